The first-order valence-corrected chi connectivity index (χ1v) is 8.17. The summed E-state index contributed by atoms with van der Waals surface area (Å²) in [5.74, 6) is 2.31. The van der Waals surface area contributed by atoms with Crippen molar-refractivity contribution in [2.24, 2.45) is 5.92 Å². The zero-order valence-electron chi connectivity index (χ0n) is 11.3. The lowest BCUT2D eigenvalue weighted by atomic mass is 9.87. The van der Waals surface area contributed by atoms with E-state index in [2.05, 4.69) is 37.8 Å². The number of unbranched alkanes of at least 4 members (excludes halogenated alkanes) is 2. The van der Waals surface area contributed by atoms with Crippen LogP contribution in [0, 0.1) is 5.92 Å². The first-order chi connectivity index (χ1) is 7.77. The number of rotatable bonds is 7. The monoisotopic (exact) mass is 243 g/mol. The molecule has 0 amide bonds. The van der Waals surface area contributed by atoms with E-state index in [0.717, 1.165) is 23.8 Å². The smallest absolute Gasteiger partial charge is 0.0203 e. The predicted octanol–water partition coefficient (Wildman–Crippen LogP) is 4.08. The Labute approximate surface area is 106 Å². The van der Waals surface area contributed by atoms with Crippen LogP contribution in [0.2, 0.25) is 0 Å². The summed E-state index contributed by atoms with van der Waals surface area (Å²) >= 11 is 2.23. The average molecular weight is 243 g/mol. The third-order valence-corrected chi connectivity index (χ3v) is 5.07. The third-order valence-electron chi connectivity index (χ3n) is 3.60. The zero-order chi connectivity index (χ0) is 11.8. The summed E-state index contributed by atoms with van der Waals surface area (Å²) in [4.78, 5) is 0. The first kappa shape index (κ1) is 14.4. The molecule has 1 rings (SSSR count). The lowest BCUT2D eigenvalue weighted by Gasteiger charge is -2.35. The third kappa shape index (κ3) is 5.09. The maximum absolute atomic E-state index is 3.68. The molecule has 0 saturated heterocycles. The van der Waals surface area contributed by atoms with Gasteiger partial charge >= 0.3 is 0 Å². The van der Waals surface area contributed by atoms with Gasteiger partial charge in [-0.1, -0.05) is 33.6 Å². The predicted molar refractivity (Wildman–Crippen MR) is 76.3 cm³/mol. The van der Waals surface area contributed by atoms with E-state index < -0.39 is 0 Å². The second kappa shape index (κ2) is 8.41. The highest BCUT2D eigenvalue weighted by Gasteiger charge is 2.27. The maximum Gasteiger partial charge on any atom is 0.0203 e. The fourth-order valence-corrected chi connectivity index (χ4v) is 4.20. The molecular formula is C14H29NS. The van der Waals surface area contributed by atoms with Crippen LogP contribution < -0.4 is 5.32 Å². The first-order valence-electron chi connectivity index (χ1n) is 7.12. The standard InChI is InChI=1S/C14H29NS/c1-4-6-7-10-16-14-11-12(3)8-9-13(14)15-5-2/h12-15H,4-11H2,1-3H3. The van der Waals surface area contributed by atoms with E-state index in [1.807, 2.05) is 0 Å². The summed E-state index contributed by atoms with van der Waals surface area (Å²) in [6.45, 7) is 8.07. The molecule has 0 bridgehead atoms. The van der Waals surface area contributed by atoms with Gasteiger partial charge in [0.15, 0.2) is 0 Å². The lowest BCUT2D eigenvalue weighted by molar-refractivity contribution is 0.320. The van der Waals surface area contributed by atoms with Crippen molar-refractivity contribution in [3.8, 4) is 0 Å². The summed E-state index contributed by atoms with van der Waals surface area (Å²) in [5.41, 5.74) is 0. The Balaban J connectivity index is 2.26. The Bertz CT molecular complexity index is 172. The highest BCUT2D eigenvalue weighted by atomic mass is 32.2. The van der Waals surface area contributed by atoms with Gasteiger partial charge in [-0.05, 0) is 43.9 Å². The normalized spacial score (nSPS) is 30.6. The Morgan fingerprint density at radius 3 is 2.69 bits per heavy atom. The molecule has 0 radical (unpaired) electrons. The van der Waals surface area contributed by atoms with Crippen molar-refractivity contribution >= 4 is 11.8 Å². The van der Waals surface area contributed by atoms with E-state index in [0.29, 0.717) is 0 Å². The van der Waals surface area contributed by atoms with E-state index in [4.69, 9.17) is 0 Å². The van der Waals surface area contributed by atoms with Crippen LogP contribution >= 0.6 is 11.8 Å². The van der Waals surface area contributed by atoms with Crippen LogP contribution in [0.1, 0.15) is 59.3 Å². The molecule has 16 heavy (non-hydrogen) atoms. The summed E-state index contributed by atoms with van der Waals surface area (Å²) in [6.07, 6.45) is 8.39. The van der Waals surface area contributed by atoms with Gasteiger partial charge in [-0.2, -0.15) is 11.8 Å². The van der Waals surface area contributed by atoms with Gasteiger partial charge in [-0.25, -0.2) is 0 Å². The largest absolute Gasteiger partial charge is 0.313 e. The summed E-state index contributed by atoms with van der Waals surface area (Å²) in [7, 11) is 0. The molecule has 0 aromatic heterocycles. The number of thioether (sulfide) groups is 1. The van der Waals surface area contributed by atoms with E-state index in [9.17, 15) is 0 Å². The van der Waals surface area contributed by atoms with Gasteiger partial charge in [-0.15, -0.1) is 0 Å². The molecule has 1 saturated carbocycles. The molecule has 3 atom stereocenters. The molecule has 3 unspecified atom stereocenters. The minimum Gasteiger partial charge on any atom is -0.313 e. The molecule has 0 heterocycles. The van der Waals surface area contributed by atoms with Gasteiger partial charge in [0, 0.05) is 11.3 Å². The topological polar surface area (TPSA) is 12.0 Å². The van der Waals surface area contributed by atoms with Crippen LogP contribution in [-0.2, 0) is 0 Å². The highest BCUT2D eigenvalue weighted by Crippen LogP contribution is 2.32. The van der Waals surface area contributed by atoms with Crippen LogP contribution in [0.4, 0.5) is 0 Å². The highest BCUT2D eigenvalue weighted by molar-refractivity contribution is 7.99. The van der Waals surface area contributed by atoms with E-state index in [-0.39, 0.29) is 0 Å². The van der Waals surface area contributed by atoms with Crippen molar-refractivity contribution in [2.75, 3.05) is 12.3 Å². The van der Waals surface area contributed by atoms with Crippen molar-refractivity contribution in [1.82, 2.24) is 5.32 Å². The molecule has 0 aliphatic heterocycles. The Morgan fingerprint density at radius 2 is 2.00 bits per heavy atom. The zero-order valence-corrected chi connectivity index (χ0v) is 12.1. The fraction of sp³-hybridized carbons (Fsp3) is 1.00. The molecule has 1 aliphatic rings. The van der Waals surface area contributed by atoms with Gasteiger partial charge in [0.25, 0.3) is 0 Å². The van der Waals surface area contributed by atoms with Crippen LogP contribution in [0.15, 0.2) is 0 Å². The Hall–Kier alpha value is 0.310. The second-order valence-corrected chi connectivity index (χ2v) is 6.55. The van der Waals surface area contributed by atoms with Crippen molar-refractivity contribution in [3.05, 3.63) is 0 Å². The number of hydrogen-bond donors (Lipinski definition) is 1. The van der Waals surface area contributed by atoms with Gasteiger partial charge in [0.2, 0.25) is 0 Å². The summed E-state index contributed by atoms with van der Waals surface area (Å²) in [6, 6.07) is 0.785. The molecule has 96 valence electrons. The van der Waals surface area contributed by atoms with Gasteiger partial charge < -0.3 is 5.32 Å². The molecule has 1 nitrogen and oxygen atoms in total. The Kier molecular flexibility index (Phi) is 7.55. The van der Waals surface area contributed by atoms with Crippen LogP contribution in [0.3, 0.4) is 0 Å². The molecule has 1 N–H and O–H groups in total. The molecule has 2 heteroatoms. The van der Waals surface area contributed by atoms with E-state index >= 15 is 0 Å². The van der Waals surface area contributed by atoms with Gasteiger partial charge in [0.05, 0.1) is 0 Å². The quantitative estimate of drug-likeness (QED) is 0.676. The SMILES string of the molecule is CCCCCSC1CC(C)CCC1NCC. The molecular weight excluding hydrogens is 214 g/mol. The van der Waals surface area contributed by atoms with Crippen LogP contribution in [0.25, 0.3) is 0 Å². The molecule has 0 aromatic rings. The molecule has 1 fully saturated rings. The van der Waals surface area contributed by atoms with Crippen molar-refractivity contribution < 1.29 is 0 Å². The lowest BCUT2D eigenvalue weighted by Crippen LogP contribution is -2.42. The van der Waals surface area contributed by atoms with Gasteiger partial charge in [0.1, 0.15) is 0 Å². The van der Waals surface area contributed by atoms with Crippen LogP contribution in [0.5, 0.6) is 0 Å². The second-order valence-electron chi connectivity index (χ2n) is 5.20. The Morgan fingerprint density at radius 1 is 1.19 bits per heavy atom. The van der Waals surface area contributed by atoms with Crippen molar-refractivity contribution in [1.29, 1.82) is 0 Å². The maximum atomic E-state index is 3.68. The van der Waals surface area contributed by atoms with Crippen molar-refractivity contribution in [2.45, 2.75) is 70.6 Å². The van der Waals surface area contributed by atoms with Crippen molar-refractivity contribution in [3.63, 3.8) is 0 Å². The van der Waals surface area contributed by atoms with E-state index in [1.54, 1.807) is 0 Å². The number of nitrogens with one attached hydrogen (secondary N) is 1. The minimum atomic E-state index is 0.785. The minimum absolute atomic E-state index is 0.785. The molecule has 0 aromatic carbocycles. The summed E-state index contributed by atoms with van der Waals surface area (Å²) < 4.78 is 0. The molecule has 0 spiro atoms. The number of hydrogen-bond acceptors (Lipinski definition) is 2. The van der Waals surface area contributed by atoms with Gasteiger partial charge in [-0.3, -0.25) is 0 Å². The van der Waals surface area contributed by atoms with E-state index in [1.165, 1.54) is 44.3 Å². The summed E-state index contributed by atoms with van der Waals surface area (Å²) in [5, 5.41) is 4.55. The molecule has 1 aliphatic carbocycles. The average Bonchev–Trinajstić information content (AvgIpc) is 2.28. The van der Waals surface area contributed by atoms with Crippen LogP contribution in [-0.4, -0.2) is 23.6 Å². The fourth-order valence-electron chi connectivity index (χ4n) is 2.60.